The molecule has 1 saturated carbocycles. The van der Waals surface area contributed by atoms with Gasteiger partial charge in [-0.1, -0.05) is 30.3 Å². The molecule has 1 saturated heterocycles. The summed E-state index contributed by atoms with van der Waals surface area (Å²) in [5.74, 6) is -1.04. The largest absolute Gasteiger partial charge is 0.456 e. The fourth-order valence-corrected chi connectivity index (χ4v) is 3.85. The highest BCUT2D eigenvalue weighted by atomic mass is 16.7. The number of aliphatic hydroxyl groups is 2. The summed E-state index contributed by atoms with van der Waals surface area (Å²) in [5.41, 5.74) is -1.52. The number of fused-ring (bicyclic) bond motifs is 1. The lowest BCUT2D eigenvalue weighted by Gasteiger charge is -2.43. The molecule has 0 radical (unpaired) electrons. The molecule has 6 heteroatoms. The summed E-state index contributed by atoms with van der Waals surface area (Å²) in [6.45, 7) is 1.88. The Hall–Kier alpha value is -1.73. The summed E-state index contributed by atoms with van der Waals surface area (Å²) in [6.07, 6.45) is 1.73. The van der Waals surface area contributed by atoms with Gasteiger partial charge in [0.2, 0.25) is 0 Å². The average molecular weight is 348 g/mol. The Balaban J connectivity index is 1.71. The Labute approximate surface area is 147 Å². The molecule has 0 bridgehead atoms. The maximum absolute atomic E-state index is 12.2. The van der Waals surface area contributed by atoms with Crippen LogP contribution in [-0.2, 0) is 19.0 Å². The summed E-state index contributed by atoms with van der Waals surface area (Å²) in [4.78, 5) is 12.2. The minimum absolute atomic E-state index is 0.141. The number of carbonyl (C=O) groups excluding carboxylic acids is 1. The molecule has 0 amide bonds. The highest BCUT2D eigenvalue weighted by Gasteiger charge is 2.64. The summed E-state index contributed by atoms with van der Waals surface area (Å²) >= 11 is 0. The third-order valence-corrected chi connectivity index (χ3v) is 5.27. The predicted molar refractivity (Wildman–Crippen MR) is 90.4 cm³/mol. The van der Waals surface area contributed by atoms with Crippen molar-refractivity contribution in [3.05, 3.63) is 42.0 Å². The zero-order valence-electron chi connectivity index (χ0n) is 14.4. The van der Waals surface area contributed by atoms with E-state index in [0.29, 0.717) is 0 Å². The van der Waals surface area contributed by atoms with Crippen molar-refractivity contribution in [3.8, 4) is 0 Å². The topological polar surface area (TPSA) is 85.2 Å². The quantitative estimate of drug-likeness (QED) is 0.634. The molecule has 1 aliphatic heterocycles. The minimum Gasteiger partial charge on any atom is -0.456 e. The Morgan fingerprint density at radius 3 is 2.72 bits per heavy atom. The van der Waals surface area contributed by atoms with Crippen LogP contribution in [0, 0.1) is 5.92 Å². The number of methoxy groups -OCH3 is 1. The Bertz CT molecular complexity index is 645. The molecule has 2 aliphatic rings. The van der Waals surface area contributed by atoms with E-state index in [1.807, 2.05) is 30.3 Å². The van der Waals surface area contributed by atoms with Crippen molar-refractivity contribution in [2.24, 2.45) is 5.92 Å². The molecule has 0 unspecified atom stereocenters. The number of carbonyl (C=O) groups is 1. The molecule has 1 heterocycles. The zero-order valence-corrected chi connectivity index (χ0v) is 14.4. The van der Waals surface area contributed by atoms with E-state index in [9.17, 15) is 15.0 Å². The van der Waals surface area contributed by atoms with E-state index in [4.69, 9.17) is 14.2 Å². The van der Waals surface area contributed by atoms with E-state index in [2.05, 4.69) is 0 Å². The molecule has 3 rings (SSSR count). The molecule has 2 fully saturated rings. The van der Waals surface area contributed by atoms with Gasteiger partial charge in [-0.05, 0) is 18.6 Å². The summed E-state index contributed by atoms with van der Waals surface area (Å²) in [5, 5.41) is 21.3. The maximum atomic E-state index is 12.2. The van der Waals surface area contributed by atoms with Gasteiger partial charge in [-0.2, -0.15) is 0 Å². The first-order valence-corrected chi connectivity index (χ1v) is 8.38. The monoisotopic (exact) mass is 348 g/mol. The van der Waals surface area contributed by atoms with Gasteiger partial charge in [0, 0.05) is 26.0 Å². The van der Waals surface area contributed by atoms with Crippen LogP contribution < -0.4 is 0 Å². The van der Waals surface area contributed by atoms with Gasteiger partial charge in [0.15, 0.2) is 6.29 Å². The van der Waals surface area contributed by atoms with E-state index in [1.165, 1.54) is 13.2 Å². The second-order valence-corrected chi connectivity index (χ2v) is 6.94. The van der Waals surface area contributed by atoms with Crippen LogP contribution in [0.25, 0.3) is 6.08 Å². The molecular formula is C19H24O6. The van der Waals surface area contributed by atoms with Crippen molar-refractivity contribution in [1.29, 1.82) is 0 Å². The molecule has 1 aromatic carbocycles. The van der Waals surface area contributed by atoms with Gasteiger partial charge in [0.25, 0.3) is 0 Å². The Kier molecular flexibility index (Phi) is 4.97. The first-order chi connectivity index (χ1) is 11.9. The van der Waals surface area contributed by atoms with Crippen LogP contribution in [0.1, 0.15) is 25.3 Å². The third kappa shape index (κ3) is 3.48. The molecule has 25 heavy (non-hydrogen) atoms. The first-order valence-electron chi connectivity index (χ1n) is 8.38. The average Bonchev–Trinajstić information content (AvgIpc) is 2.79. The molecular weight excluding hydrogens is 324 g/mol. The summed E-state index contributed by atoms with van der Waals surface area (Å²) < 4.78 is 16.3. The number of hydrogen-bond acceptors (Lipinski definition) is 6. The van der Waals surface area contributed by atoms with Crippen LogP contribution in [-0.4, -0.2) is 53.5 Å². The Morgan fingerprint density at radius 1 is 1.32 bits per heavy atom. The van der Waals surface area contributed by atoms with Crippen molar-refractivity contribution < 1.29 is 29.2 Å². The second-order valence-electron chi connectivity index (χ2n) is 6.94. The lowest BCUT2D eigenvalue weighted by molar-refractivity contribution is -0.249. The van der Waals surface area contributed by atoms with Gasteiger partial charge < -0.3 is 24.4 Å². The van der Waals surface area contributed by atoms with E-state index < -0.39 is 35.5 Å². The third-order valence-electron chi connectivity index (χ3n) is 5.27. The van der Waals surface area contributed by atoms with Crippen LogP contribution in [0.5, 0.6) is 0 Å². The minimum atomic E-state index is -1.39. The second kappa shape index (κ2) is 6.88. The molecule has 2 N–H and O–H groups in total. The van der Waals surface area contributed by atoms with Crippen LogP contribution in [0.2, 0.25) is 0 Å². The van der Waals surface area contributed by atoms with Crippen LogP contribution >= 0.6 is 0 Å². The van der Waals surface area contributed by atoms with Crippen molar-refractivity contribution in [2.75, 3.05) is 13.7 Å². The van der Waals surface area contributed by atoms with E-state index in [-0.39, 0.29) is 19.4 Å². The number of hydrogen-bond donors (Lipinski definition) is 2. The van der Waals surface area contributed by atoms with Gasteiger partial charge >= 0.3 is 5.97 Å². The summed E-state index contributed by atoms with van der Waals surface area (Å²) in [6, 6.07) is 9.41. The van der Waals surface area contributed by atoms with E-state index in [0.717, 1.165) is 5.56 Å². The van der Waals surface area contributed by atoms with Gasteiger partial charge in [0.1, 0.15) is 11.2 Å². The van der Waals surface area contributed by atoms with Gasteiger partial charge in [-0.3, -0.25) is 0 Å². The molecule has 1 aliphatic carbocycles. The lowest BCUT2D eigenvalue weighted by Crippen LogP contribution is -2.56. The zero-order chi connectivity index (χ0) is 18.1. The molecule has 136 valence electrons. The van der Waals surface area contributed by atoms with Crippen molar-refractivity contribution in [2.45, 2.75) is 43.4 Å². The number of rotatable bonds is 4. The number of aliphatic hydroxyl groups excluding tert-OH is 1. The van der Waals surface area contributed by atoms with Crippen LogP contribution in [0.3, 0.4) is 0 Å². The SMILES string of the molecule is CO[C@@H]1C[C@@]2(O)[C@@H](O)C[C@](C)(OC(=O)/C=C/c3ccccc3)[C@H]2CO1. The van der Waals surface area contributed by atoms with Crippen molar-refractivity contribution in [1.82, 2.24) is 0 Å². The van der Waals surface area contributed by atoms with E-state index >= 15 is 0 Å². The number of ether oxygens (including phenoxy) is 3. The smallest absolute Gasteiger partial charge is 0.331 e. The molecule has 1 aromatic rings. The van der Waals surface area contributed by atoms with Crippen LogP contribution in [0.15, 0.2) is 36.4 Å². The van der Waals surface area contributed by atoms with Gasteiger partial charge in [-0.25, -0.2) is 4.79 Å². The van der Waals surface area contributed by atoms with Gasteiger partial charge in [0.05, 0.1) is 18.6 Å². The highest BCUT2D eigenvalue weighted by molar-refractivity contribution is 5.87. The van der Waals surface area contributed by atoms with Crippen LogP contribution in [0.4, 0.5) is 0 Å². The lowest BCUT2D eigenvalue weighted by atomic mass is 9.80. The standard InChI is InChI=1S/C19H24O6/c1-18(25-16(21)9-8-13-6-4-3-5-7-13)10-15(20)19(22)11-17(23-2)24-12-14(18)19/h3-9,14-15,17,20,22H,10-12H2,1-2H3/b9-8+/t14-,15+,17+,18+,19+/m1/s1. The van der Waals surface area contributed by atoms with Crippen molar-refractivity contribution in [3.63, 3.8) is 0 Å². The van der Waals surface area contributed by atoms with Gasteiger partial charge in [-0.15, -0.1) is 0 Å². The predicted octanol–water partition coefficient (Wildman–Crippen LogP) is 1.51. The number of esters is 1. The van der Waals surface area contributed by atoms with E-state index in [1.54, 1.807) is 13.0 Å². The molecule has 6 nitrogen and oxygen atoms in total. The molecule has 5 atom stereocenters. The first kappa shape index (κ1) is 18.1. The normalized spacial score (nSPS) is 37.8. The molecule has 0 spiro atoms. The summed E-state index contributed by atoms with van der Waals surface area (Å²) in [7, 11) is 1.49. The fourth-order valence-electron chi connectivity index (χ4n) is 3.85. The number of benzene rings is 1. The molecule has 0 aromatic heterocycles. The maximum Gasteiger partial charge on any atom is 0.331 e. The highest BCUT2D eigenvalue weighted by Crippen LogP contribution is 2.50. The van der Waals surface area contributed by atoms with Crippen molar-refractivity contribution >= 4 is 12.0 Å². The Morgan fingerprint density at radius 2 is 2.04 bits per heavy atom. The fraction of sp³-hybridized carbons (Fsp3) is 0.526.